The molecule has 0 spiro atoms. The topological polar surface area (TPSA) is 96.5 Å². The molecule has 6 nitrogen and oxygen atoms in total. The summed E-state index contributed by atoms with van der Waals surface area (Å²) in [5.41, 5.74) is 7.55. The summed E-state index contributed by atoms with van der Waals surface area (Å²) < 4.78 is 0. The molecule has 1 saturated heterocycles. The van der Waals surface area contributed by atoms with E-state index >= 15 is 0 Å². The molecule has 23 heavy (non-hydrogen) atoms. The molecule has 3 rings (SSSR count). The molecule has 2 atom stereocenters. The molecular weight excluding hydrogens is 334 g/mol. The highest BCUT2D eigenvalue weighted by atomic mass is 32.2. The van der Waals surface area contributed by atoms with Crippen molar-refractivity contribution in [1.82, 2.24) is 9.88 Å². The molecule has 3 heterocycles. The van der Waals surface area contributed by atoms with E-state index in [1.807, 2.05) is 23.6 Å². The number of nitrogens with zero attached hydrogens (tertiary/aromatic N) is 2. The van der Waals surface area contributed by atoms with Crippen LogP contribution in [0.15, 0.2) is 41.2 Å². The minimum atomic E-state index is -1.07. The first-order valence-corrected chi connectivity index (χ1v) is 9.03. The van der Waals surface area contributed by atoms with Gasteiger partial charge in [-0.3, -0.25) is 14.7 Å². The van der Waals surface area contributed by atoms with E-state index < -0.39 is 12.0 Å². The van der Waals surface area contributed by atoms with Gasteiger partial charge in [-0.2, -0.15) is 0 Å². The zero-order valence-corrected chi connectivity index (χ0v) is 13.7. The largest absolute Gasteiger partial charge is 0.477 e. The molecule has 2 aliphatic rings. The van der Waals surface area contributed by atoms with E-state index in [1.165, 1.54) is 28.4 Å². The first-order valence-electron chi connectivity index (χ1n) is 6.93. The first kappa shape index (κ1) is 16.1. The Balaban J connectivity index is 1.69. The van der Waals surface area contributed by atoms with Gasteiger partial charge in [0.1, 0.15) is 17.1 Å². The molecule has 0 saturated carbocycles. The molecule has 1 aromatic heterocycles. The summed E-state index contributed by atoms with van der Waals surface area (Å²) in [7, 11) is 0. The van der Waals surface area contributed by atoms with E-state index in [-0.39, 0.29) is 17.0 Å². The predicted molar refractivity (Wildman–Crippen MR) is 91.5 cm³/mol. The Morgan fingerprint density at radius 2 is 2.43 bits per heavy atom. The maximum Gasteiger partial charge on any atom is 0.352 e. The Labute approximate surface area is 141 Å². The molecule has 3 N–H and O–H groups in total. The number of rotatable bonds is 5. The zero-order chi connectivity index (χ0) is 16.4. The third-order valence-electron chi connectivity index (χ3n) is 3.59. The quantitative estimate of drug-likeness (QED) is 0.775. The summed E-state index contributed by atoms with van der Waals surface area (Å²) in [6, 6.07) is 3.20. The van der Waals surface area contributed by atoms with Gasteiger partial charge in [0.15, 0.2) is 0 Å². The van der Waals surface area contributed by atoms with Gasteiger partial charge < -0.3 is 10.8 Å². The van der Waals surface area contributed by atoms with Crippen LogP contribution in [0.2, 0.25) is 0 Å². The van der Waals surface area contributed by atoms with Crippen LogP contribution >= 0.6 is 23.5 Å². The SMILES string of the molecule is N[C@@H]1C(=O)N2C(C(=O)O)=C(CSC=Cc3cccnc3)CS[C@@H]12. The van der Waals surface area contributed by atoms with Crippen molar-refractivity contribution in [2.45, 2.75) is 11.4 Å². The van der Waals surface area contributed by atoms with Gasteiger partial charge in [-0.25, -0.2) is 4.79 Å². The number of hydrogen-bond acceptors (Lipinski definition) is 6. The van der Waals surface area contributed by atoms with E-state index in [0.29, 0.717) is 11.5 Å². The summed E-state index contributed by atoms with van der Waals surface area (Å²) >= 11 is 3.01. The molecule has 1 amide bonds. The Bertz CT molecular complexity index is 690. The lowest BCUT2D eigenvalue weighted by Crippen LogP contribution is -2.68. The van der Waals surface area contributed by atoms with Crippen molar-refractivity contribution in [2.24, 2.45) is 5.73 Å². The minimum absolute atomic E-state index is 0.0997. The molecule has 1 aromatic rings. The van der Waals surface area contributed by atoms with E-state index in [9.17, 15) is 14.7 Å². The second-order valence-corrected chi connectivity index (χ2v) is 7.09. The van der Waals surface area contributed by atoms with Crippen molar-refractivity contribution >= 4 is 41.5 Å². The van der Waals surface area contributed by atoms with Crippen LogP contribution in [0.4, 0.5) is 0 Å². The fraction of sp³-hybridized carbons (Fsp3) is 0.267. The van der Waals surface area contributed by atoms with Gasteiger partial charge in [0.2, 0.25) is 5.91 Å². The summed E-state index contributed by atoms with van der Waals surface area (Å²) in [6.45, 7) is 0. The predicted octanol–water partition coefficient (Wildman–Crippen LogP) is 1.37. The maximum atomic E-state index is 11.8. The van der Waals surface area contributed by atoms with Crippen LogP contribution in [-0.4, -0.2) is 49.8 Å². The number of hydrogen-bond donors (Lipinski definition) is 2. The van der Waals surface area contributed by atoms with Crippen LogP contribution < -0.4 is 5.73 Å². The number of thioether (sulfide) groups is 2. The number of nitrogens with two attached hydrogens (primary N) is 1. The minimum Gasteiger partial charge on any atom is -0.477 e. The lowest BCUT2D eigenvalue weighted by molar-refractivity contribution is -0.147. The normalized spacial score (nSPS) is 23.9. The molecule has 8 heteroatoms. The van der Waals surface area contributed by atoms with Crippen LogP contribution in [0.3, 0.4) is 0 Å². The number of aliphatic carboxylic acids is 1. The van der Waals surface area contributed by atoms with E-state index in [0.717, 1.165) is 11.1 Å². The molecule has 0 radical (unpaired) electrons. The van der Waals surface area contributed by atoms with Crippen LogP contribution in [-0.2, 0) is 9.59 Å². The van der Waals surface area contributed by atoms with Crippen molar-refractivity contribution in [3.05, 3.63) is 46.8 Å². The van der Waals surface area contributed by atoms with Gasteiger partial charge in [0.05, 0.1) is 0 Å². The van der Waals surface area contributed by atoms with E-state index in [4.69, 9.17) is 5.73 Å². The molecule has 0 aromatic carbocycles. The third-order valence-corrected chi connectivity index (χ3v) is 5.79. The standard InChI is InChI=1S/C15H15N3O3S2/c16-11-13(19)18-12(15(20)21)10(8-23-14(11)18)7-22-5-3-9-2-1-4-17-6-9/h1-6,11,14H,7-8,16H2,(H,20,21)/t11-,14+/m1/s1. The number of carbonyl (C=O) groups excluding carboxylic acids is 1. The van der Waals surface area contributed by atoms with Gasteiger partial charge in [-0.15, -0.1) is 23.5 Å². The van der Waals surface area contributed by atoms with Crippen molar-refractivity contribution in [3.8, 4) is 0 Å². The van der Waals surface area contributed by atoms with Crippen molar-refractivity contribution in [2.75, 3.05) is 11.5 Å². The summed E-state index contributed by atoms with van der Waals surface area (Å²) in [5.74, 6) is -0.273. The number of fused-ring (bicyclic) bond motifs is 1. The van der Waals surface area contributed by atoms with Crippen LogP contribution in [0.25, 0.3) is 6.08 Å². The lowest BCUT2D eigenvalue weighted by Gasteiger charge is -2.48. The number of carboxylic acids is 1. The fourth-order valence-electron chi connectivity index (χ4n) is 2.44. The molecule has 120 valence electrons. The van der Waals surface area contributed by atoms with Gasteiger partial charge >= 0.3 is 5.97 Å². The molecule has 1 fully saturated rings. The molecule has 0 unspecified atom stereocenters. The van der Waals surface area contributed by atoms with Crippen LogP contribution in [0.5, 0.6) is 0 Å². The second-order valence-electron chi connectivity index (χ2n) is 5.09. The molecule has 0 bridgehead atoms. The Hall–Kier alpha value is -1.77. The average Bonchev–Trinajstić information content (AvgIpc) is 2.58. The summed E-state index contributed by atoms with van der Waals surface area (Å²) in [5, 5.41) is 11.1. The van der Waals surface area contributed by atoms with Crippen LogP contribution in [0.1, 0.15) is 5.56 Å². The van der Waals surface area contributed by atoms with Crippen molar-refractivity contribution in [1.29, 1.82) is 0 Å². The first-order chi connectivity index (χ1) is 11.1. The highest BCUT2D eigenvalue weighted by molar-refractivity contribution is 8.02. The van der Waals surface area contributed by atoms with Gasteiger partial charge in [-0.05, 0) is 28.7 Å². The average molecular weight is 349 g/mol. The Morgan fingerprint density at radius 3 is 3.13 bits per heavy atom. The number of carboxylic acid groups (broad SMARTS) is 1. The molecule has 2 aliphatic heterocycles. The molecule has 0 aliphatic carbocycles. The second kappa shape index (κ2) is 6.77. The van der Waals surface area contributed by atoms with Gasteiger partial charge in [0, 0.05) is 23.9 Å². The number of β-lactam (4-membered cyclic amide) rings is 1. The highest BCUT2D eigenvalue weighted by Gasteiger charge is 2.51. The smallest absolute Gasteiger partial charge is 0.352 e. The monoisotopic (exact) mass is 349 g/mol. The number of amides is 1. The number of aromatic nitrogens is 1. The van der Waals surface area contributed by atoms with E-state index in [2.05, 4.69) is 4.98 Å². The van der Waals surface area contributed by atoms with Crippen LogP contribution in [0, 0.1) is 0 Å². The maximum absolute atomic E-state index is 11.8. The van der Waals surface area contributed by atoms with Crippen molar-refractivity contribution < 1.29 is 14.7 Å². The number of pyridine rings is 1. The summed E-state index contributed by atoms with van der Waals surface area (Å²) in [6.07, 6.45) is 5.38. The third kappa shape index (κ3) is 3.15. The highest BCUT2D eigenvalue weighted by Crippen LogP contribution is 2.40. The zero-order valence-electron chi connectivity index (χ0n) is 12.1. The van der Waals surface area contributed by atoms with Crippen molar-refractivity contribution in [3.63, 3.8) is 0 Å². The fourth-order valence-corrected chi connectivity index (χ4v) is 4.65. The van der Waals surface area contributed by atoms with Gasteiger partial charge in [0.25, 0.3) is 0 Å². The Morgan fingerprint density at radius 1 is 1.61 bits per heavy atom. The van der Waals surface area contributed by atoms with Gasteiger partial charge in [-0.1, -0.05) is 6.07 Å². The Kier molecular flexibility index (Phi) is 4.74. The van der Waals surface area contributed by atoms with E-state index in [1.54, 1.807) is 12.4 Å². The lowest BCUT2D eigenvalue weighted by atomic mass is 10.0. The molecular formula is C15H15N3O3S2. The summed E-state index contributed by atoms with van der Waals surface area (Å²) in [4.78, 5) is 28.7. The number of carbonyl (C=O) groups is 2.